The van der Waals surface area contributed by atoms with Crippen molar-refractivity contribution < 1.29 is 9.90 Å². The van der Waals surface area contributed by atoms with Crippen LogP contribution in [0.5, 0.6) is 0 Å². The number of amides is 1. The Morgan fingerprint density at radius 2 is 2.14 bits per heavy atom. The molecule has 0 bridgehead atoms. The van der Waals surface area contributed by atoms with E-state index in [1.807, 2.05) is 19.9 Å². The topological polar surface area (TPSA) is 49.3 Å². The maximum atomic E-state index is 12.2. The van der Waals surface area contributed by atoms with Gasteiger partial charge in [0.05, 0.1) is 16.4 Å². The molecule has 0 fully saturated rings. The summed E-state index contributed by atoms with van der Waals surface area (Å²) in [5, 5.41) is 15.8. The van der Waals surface area contributed by atoms with Crippen LogP contribution in [0.3, 0.4) is 0 Å². The van der Waals surface area contributed by atoms with Crippen molar-refractivity contribution in [2.45, 2.75) is 26.8 Å². The average molecular weight is 319 g/mol. The highest BCUT2D eigenvalue weighted by molar-refractivity contribution is 7.14. The number of rotatable bonds is 4. The first-order valence-electron chi connectivity index (χ1n) is 6.62. The zero-order valence-electron chi connectivity index (χ0n) is 12.0. The quantitative estimate of drug-likeness (QED) is 0.851. The fourth-order valence-electron chi connectivity index (χ4n) is 1.75. The molecule has 3 nitrogen and oxygen atoms in total. The van der Waals surface area contributed by atoms with Gasteiger partial charge in [-0.2, -0.15) is 11.3 Å². The Hall–Kier alpha value is -1.61. The SMILES string of the molecule is Cc1cscc1CNC(=O)c1cc(C)c(C#CCCO)s1. The van der Waals surface area contributed by atoms with Crippen LogP contribution in [0.2, 0.25) is 0 Å². The van der Waals surface area contributed by atoms with Crippen molar-refractivity contribution in [1.82, 2.24) is 5.32 Å². The smallest absolute Gasteiger partial charge is 0.261 e. The fourth-order valence-corrected chi connectivity index (χ4v) is 3.57. The molecule has 0 saturated carbocycles. The summed E-state index contributed by atoms with van der Waals surface area (Å²) in [5.41, 5.74) is 3.37. The first kappa shape index (κ1) is 15.8. The highest BCUT2D eigenvalue weighted by Crippen LogP contribution is 2.21. The lowest BCUT2D eigenvalue weighted by Crippen LogP contribution is -2.21. The van der Waals surface area contributed by atoms with Crippen LogP contribution in [-0.4, -0.2) is 17.6 Å². The molecule has 0 unspecified atom stereocenters. The summed E-state index contributed by atoms with van der Waals surface area (Å²) in [4.78, 5) is 13.7. The van der Waals surface area contributed by atoms with Crippen LogP contribution in [0.25, 0.3) is 0 Å². The second kappa shape index (κ2) is 7.41. The van der Waals surface area contributed by atoms with Crippen LogP contribution in [0, 0.1) is 25.7 Å². The molecule has 0 saturated heterocycles. The van der Waals surface area contributed by atoms with E-state index < -0.39 is 0 Å². The summed E-state index contributed by atoms with van der Waals surface area (Å²) in [5.74, 6) is 5.82. The Morgan fingerprint density at radius 3 is 2.81 bits per heavy atom. The first-order chi connectivity index (χ1) is 10.1. The molecular formula is C16H17NO2S2. The molecule has 2 N–H and O–H groups in total. The van der Waals surface area contributed by atoms with Gasteiger partial charge in [-0.25, -0.2) is 0 Å². The van der Waals surface area contributed by atoms with Gasteiger partial charge >= 0.3 is 0 Å². The molecule has 0 radical (unpaired) electrons. The summed E-state index contributed by atoms with van der Waals surface area (Å²) in [6.07, 6.45) is 0.455. The van der Waals surface area contributed by atoms with Crippen molar-refractivity contribution in [2.75, 3.05) is 6.61 Å². The summed E-state index contributed by atoms with van der Waals surface area (Å²) in [6.45, 7) is 4.60. The van der Waals surface area contributed by atoms with Gasteiger partial charge in [0.1, 0.15) is 0 Å². The van der Waals surface area contributed by atoms with Crippen LogP contribution in [0.4, 0.5) is 0 Å². The lowest BCUT2D eigenvalue weighted by atomic mass is 10.2. The van der Waals surface area contributed by atoms with E-state index in [1.54, 1.807) is 11.3 Å². The van der Waals surface area contributed by atoms with Crippen molar-refractivity contribution in [2.24, 2.45) is 0 Å². The second-order valence-electron chi connectivity index (χ2n) is 4.66. The van der Waals surface area contributed by atoms with Crippen molar-refractivity contribution >= 4 is 28.6 Å². The van der Waals surface area contributed by atoms with Gasteiger partial charge in [-0.3, -0.25) is 4.79 Å². The van der Waals surface area contributed by atoms with Gasteiger partial charge in [0.15, 0.2) is 0 Å². The van der Waals surface area contributed by atoms with E-state index in [0.29, 0.717) is 17.8 Å². The number of carbonyl (C=O) groups excluding carboxylic acids is 1. The minimum absolute atomic E-state index is 0.0603. The number of aliphatic hydroxyl groups is 1. The third-order valence-electron chi connectivity index (χ3n) is 2.98. The molecule has 0 aliphatic heterocycles. The van der Waals surface area contributed by atoms with Crippen molar-refractivity contribution in [1.29, 1.82) is 0 Å². The molecule has 21 heavy (non-hydrogen) atoms. The number of aliphatic hydroxyl groups excluding tert-OH is 1. The minimum atomic E-state index is -0.0658. The first-order valence-corrected chi connectivity index (χ1v) is 8.37. The molecule has 2 aromatic rings. The number of aryl methyl sites for hydroxylation is 2. The van der Waals surface area contributed by atoms with Crippen molar-refractivity contribution in [3.8, 4) is 11.8 Å². The Labute approximate surface area is 132 Å². The summed E-state index contributed by atoms with van der Waals surface area (Å²) >= 11 is 3.04. The summed E-state index contributed by atoms with van der Waals surface area (Å²) < 4.78 is 0. The molecule has 5 heteroatoms. The molecule has 0 aliphatic carbocycles. The average Bonchev–Trinajstić information content (AvgIpc) is 3.03. The largest absolute Gasteiger partial charge is 0.395 e. The van der Waals surface area contributed by atoms with Crippen molar-refractivity contribution in [3.05, 3.63) is 43.3 Å². The van der Waals surface area contributed by atoms with E-state index in [-0.39, 0.29) is 12.5 Å². The lowest BCUT2D eigenvalue weighted by molar-refractivity contribution is 0.0955. The number of carbonyl (C=O) groups is 1. The van der Waals surface area contributed by atoms with Gasteiger partial charge < -0.3 is 10.4 Å². The van der Waals surface area contributed by atoms with Gasteiger partial charge in [0, 0.05) is 13.0 Å². The molecule has 1 amide bonds. The highest BCUT2D eigenvalue weighted by atomic mass is 32.1. The maximum absolute atomic E-state index is 12.2. The number of hydrogen-bond donors (Lipinski definition) is 2. The predicted octanol–water partition coefficient (Wildman–Crippen LogP) is 3.09. The fraction of sp³-hybridized carbons (Fsp3) is 0.312. The lowest BCUT2D eigenvalue weighted by Gasteiger charge is -2.02. The standard InChI is InChI=1S/C16H17NO2S2/c1-11-7-15(21-14(11)5-3-4-6-18)16(19)17-8-13-10-20-9-12(13)2/h7,9-10,18H,4,6,8H2,1-2H3,(H,17,19). The number of thiophene rings is 2. The van der Waals surface area contributed by atoms with E-state index in [9.17, 15) is 4.79 Å². The van der Waals surface area contributed by atoms with Crippen LogP contribution in [0.1, 0.15) is 37.7 Å². The molecule has 2 heterocycles. The van der Waals surface area contributed by atoms with Crippen LogP contribution in [-0.2, 0) is 6.54 Å². The zero-order chi connectivity index (χ0) is 15.2. The van der Waals surface area contributed by atoms with E-state index in [4.69, 9.17) is 5.11 Å². The van der Waals surface area contributed by atoms with Crippen LogP contribution < -0.4 is 5.32 Å². The number of hydrogen-bond acceptors (Lipinski definition) is 4. The second-order valence-corrected chi connectivity index (χ2v) is 6.46. The monoisotopic (exact) mass is 319 g/mol. The van der Waals surface area contributed by atoms with E-state index in [1.165, 1.54) is 16.9 Å². The molecule has 2 aromatic heterocycles. The van der Waals surface area contributed by atoms with Gasteiger partial charge in [-0.15, -0.1) is 11.3 Å². The van der Waals surface area contributed by atoms with E-state index >= 15 is 0 Å². The molecule has 2 rings (SSSR count). The minimum Gasteiger partial charge on any atom is -0.395 e. The Bertz CT molecular complexity index is 689. The summed E-state index contributed by atoms with van der Waals surface area (Å²) in [6, 6.07) is 1.86. The predicted molar refractivity (Wildman–Crippen MR) is 87.9 cm³/mol. The molecular weight excluding hydrogens is 302 g/mol. The molecule has 0 spiro atoms. The highest BCUT2D eigenvalue weighted by Gasteiger charge is 2.11. The molecule has 0 aliphatic rings. The zero-order valence-corrected chi connectivity index (χ0v) is 13.7. The van der Waals surface area contributed by atoms with Crippen molar-refractivity contribution in [3.63, 3.8) is 0 Å². The van der Waals surface area contributed by atoms with Crippen LogP contribution >= 0.6 is 22.7 Å². The Morgan fingerprint density at radius 1 is 1.33 bits per heavy atom. The molecule has 0 aromatic carbocycles. The normalized spacial score (nSPS) is 10.0. The van der Waals surface area contributed by atoms with Gasteiger partial charge in [0.2, 0.25) is 0 Å². The van der Waals surface area contributed by atoms with Crippen LogP contribution in [0.15, 0.2) is 16.8 Å². The molecule has 0 atom stereocenters. The summed E-state index contributed by atoms with van der Waals surface area (Å²) in [7, 11) is 0. The van der Waals surface area contributed by atoms with E-state index in [0.717, 1.165) is 16.0 Å². The van der Waals surface area contributed by atoms with Gasteiger partial charge in [-0.1, -0.05) is 11.8 Å². The maximum Gasteiger partial charge on any atom is 0.261 e. The Kier molecular flexibility index (Phi) is 5.57. The third kappa shape index (κ3) is 4.18. The van der Waals surface area contributed by atoms with Gasteiger partial charge in [0.25, 0.3) is 5.91 Å². The number of nitrogens with one attached hydrogen (secondary N) is 1. The Balaban J connectivity index is 2.02. The third-order valence-corrected chi connectivity index (χ3v) is 5.04. The van der Waals surface area contributed by atoms with Gasteiger partial charge in [-0.05, 0) is 47.4 Å². The molecule has 110 valence electrons. The van der Waals surface area contributed by atoms with E-state index in [2.05, 4.69) is 27.9 Å².